The molecule has 5 heteroatoms. The summed E-state index contributed by atoms with van der Waals surface area (Å²) in [5.74, 6) is -0.600. The molecule has 1 rings (SSSR count). The van der Waals surface area contributed by atoms with Crippen LogP contribution in [0.5, 0.6) is 0 Å². The van der Waals surface area contributed by atoms with E-state index in [1.807, 2.05) is 13.8 Å². The number of aliphatic hydroxyl groups excluding tert-OH is 1. The van der Waals surface area contributed by atoms with E-state index >= 15 is 0 Å². The molecule has 0 saturated carbocycles. The van der Waals surface area contributed by atoms with Crippen molar-refractivity contribution < 1.29 is 14.7 Å². The number of aliphatic hydroxyl groups is 1. The van der Waals surface area contributed by atoms with Crippen molar-refractivity contribution in [3.05, 3.63) is 42.5 Å². The first-order valence-corrected chi connectivity index (χ1v) is 6.91. The van der Waals surface area contributed by atoms with E-state index in [9.17, 15) is 14.7 Å². The highest BCUT2D eigenvalue weighted by Gasteiger charge is 2.17. The molecule has 0 aliphatic heterocycles. The lowest BCUT2D eigenvalue weighted by atomic mass is 10.0. The molecule has 2 amide bonds. The molecule has 0 aliphatic carbocycles. The van der Waals surface area contributed by atoms with Gasteiger partial charge in [-0.2, -0.15) is 0 Å². The van der Waals surface area contributed by atoms with Crippen molar-refractivity contribution in [2.24, 2.45) is 5.92 Å². The number of anilines is 1. The van der Waals surface area contributed by atoms with Gasteiger partial charge in [0.2, 0.25) is 5.91 Å². The van der Waals surface area contributed by atoms with Gasteiger partial charge in [0.25, 0.3) is 5.91 Å². The lowest BCUT2D eigenvalue weighted by molar-refractivity contribution is -0.118. The fourth-order valence-corrected chi connectivity index (χ4v) is 1.68. The van der Waals surface area contributed by atoms with E-state index in [4.69, 9.17) is 0 Å². The largest absolute Gasteiger partial charge is 0.392 e. The zero-order chi connectivity index (χ0) is 15.8. The van der Waals surface area contributed by atoms with Crippen LogP contribution in [-0.2, 0) is 4.79 Å². The first-order valence-electron chi connectivity index (χ1n) is 6.91. The molecule has 1 unspecified atom stereocenters. The summed E-state index contributed by atoms with van der Waals surface area (Å²) >= 11 is 0. The lowest BCUT2D eigenvalue weighted by Gasteiger charge is -2.15. The molecule has 0 fully saturated rings. The first kappa shape index (κ1) is 16.9. The standard InChI is InChI=1S/C16H22N2O3/c1-4-9-17-16(21)12-7-5-6-8-13(12)18-15(20)10-14(19)11(2)3/h4-8,11,14,19H,1,9-10H2,2-3H3,(H,17,21)(H,18,20). The van der Waals surface area contributed by atoms with Crippen molar-refractivity contribution in [1.82, 2.24) is 5.32 Å². The number of nitrogens with one attached hydrogen (secondary N) is 2. The van der Waals surface area contributed by atoms with E-state index in [-0.39, 0.29) is 24.2 Å². The molecule has 0 saturated heterocycles. The maximum atomic E-state index is 12.0. The van der Waals surface area contributed by atoms with Gasteiger partial charge < -0.3 is 15.7 Å². The molecule has 0 spiro atoms. The summed E-state index contributed by atoms with van der Waals surface area (Å²) in [6, 6.07) is 6.75. The molecular formula is C16H22N2O3. The Bertz CT molecular complexity index is 512. The number of rotatable bonds is 7. The number of amides is 2. The lowest BCUT2D eigenvalue weighted by Crippen LogP contribution is -2.27. The third kappa shape index (κ3) is 5.39. The quantitative estimate of drug-likeness (QED) is 0.672. The third-order valence-corrected chi connectivity index (χ3v) is 3.02. The van der Waals surface area contributed by atoms with Crippen LogP contribution in [-0.4, -0.2) is 29.6 Å². The van der Waals surface area contributed by atoms with Crippen molar-refractivity contribution in [2.75, 3.05) is 11.9 Å². The highest BCUT2D eigenvalue weighted by molar-refractivity contribution is 6.03. The van der Waals surface area contributed by atoms with Gasteiger partial charge in [0.1, 0.15) is 0 Å². The SMILES string of the molecule is C=CCNC(=O)c1ccccc1NC(=O)CC(O)C(C)C. The number of carbonyl (C=O) groups is 2. The van der Waals surface area contributed by atoms with Crippen LogP contribution in [0.4, 0.5) is 5.69 Å². The predicted molar refractivity (Wildman–Crippen MR) is 83.1 cm³/mol. The maximum absolute atomic E-state index is 12.0. The van der Waals surface area contributed by atoms with Crippen molar-refractivity contribution in [3.8, 4) is 0 Å². The van der Waals surface area contributed by atoms with E-state index in [1.54, 1.807) is 30.3 Å². The number of carbonyl (C=O) groups excluding carboxylic acids is 2. The Kier molecular flexibility index (Phi) is 6.62. The third-order valence-electron chi connectivity index (χ3n) is 3.02. The number of para-hydroxylation sites is 1. The number of hydrogen-bond acceptors (Lipinski definition) is 3. The van der Waals surface area contributed by atoms with Crippen molar-refractivity contribution in [3.63, 3.8) is 0 Å². The van der Waals surface area contributed by atoms with E-state index < -0.39 is 6.10 Å². The Hall–Kier alpha value is -2.14. The van der Waals surface area contributed by atoms with Crippen LogP contribution in [0.1, 0.15) is 30.6 Å². The van der Waals surface area contributed by atoms with Gasteiger partial charge in [0.05, 0.1) is 23.8 Å². The van der Waals surface area contributed by atoms with Gasteiger partial charge in [-0.3, -0.25) is 9.59 Å². The zero-order valence-electron chi connectivity index (χ0n) is 12.4. The van der Waals surface area contributed by atoms with Gasteiger partial charge in [-0.1, -0.05) is 32.1 Å². The Balaban J connectivity index is 2.77. The fraction of sp³-hybridized carbons (Fsp3) is 0.375. The average molecular weight is 290 g/mol. The zero-order valence-corrected chi connectivity index (χ0v) is 12.4. The summed E-state index contributed by atoms with van der Waals surface area (Å²) in [4.78, 5) is 23.9. The van der Waals surface area contributed by atoms with Crippen LogP contribution in [0.15, 0.2) is 36.9 Å². The summed E-state index contributed by atoms with van der Waals surface area (Å²) in [6.07, 6.45) is 0.880. The van der Waals surface area contributed by atoms with Gasteiger partial charge in [-0.05, 0) is 18.1 Å². The summed E-state index contributed by atoms with van der Waals surface area (Å²) in [6.45, 7) is 7.57. The minimum Gasteiger partial charge on any atom is -0.392 e. The average Bonchev–Trinajstić information content (AvgIpc) is 2.45. The van der Waals surface area contributed by atoms with Crippen LogP contribution in [0.2, 0.25) is 0 Å². The number of benzene rings is 1. The van der Waals surface area contributed by atoms with Crippen LogP contribution < -0.4 is 10.6 Å². The monoisotopic (exact) mass is 290 g/mol. The molecule has 3 N–H and O–H groups in total. The van der Waals surface area contributed by atoms with Gasteiger partial charge >= 0.3 is 0 Å². The van der Waals surface area contributed by atoms with Gasteiger partial charge in [0.15, 0.2) is 0 Å². The van der Waals surface area contributed by atoms with Crippen LogP contribution in [0.25, 0.3) is 0 Å². The molecule has 0 heterocycles. The Labute approximate surface area is 125 Å². The van der Waals surface area contributed by atoms with Gasteiger partial charge in [-0.15, -0.1) is 6.58 Å². The molecule has 0 bridgehead atoms. The van der Waals surface area contributed by atoms with E-state index in [0.717, 1.165) is 0 Å². The molecule has 1 atom stereocenters. The highest BCUT2D eigenvalue weighted by Crippen LogP contribution is 2.16. The molecule has 1 aromatic carbocycles. The Morgan fingerprint density at radius 3 is 2.62 bits per heavy atom. The fourth-order valence-electron chi connectivity index (χ4n) is 1.68. The van der Waals surface area contributed by atoms with E-state index in [2.05, 4.69) is 17.2 Å². The summed E-state index contributed by atoms with van der Waals surface area (Å²) in [5, 5.41) is 15.0. The molecule has 21 heavy (non-hydrogen) atoms. The first-order chi connectivity index (χ1) is 9.95. The normalized spacial score (nSPS) is 11.8. The maximum Gasteiger partial charge on any atom is 0.253 e. The van der Waals surface area contributed by atoms with E-state index in [0.29, 0.717) is 17.8 Å². The molecule has 114 valence electrons. The molecular weight excluding hydrogens is 268 g/mol. The minimum atomic E-state index is -0.702. The smallest absolute Gasteiger partial charge is 0.253 e. The van der Waals surface area contributed by atoms with Crippen molar-refractivity contribution >= 4 is 17.5 Å². The van der Waals surface area contributed by atoms with Crippen LogP contribution in [0, 0.1) is 5.92 Å². The van der Waals surface area contributed by atoms with Crippen molar-refractivity contribution in [1.29, 1.82) is 0 Å². The van der Waals surface area contributed by atoms with Crippen molar-refractivity contribution in [2.45, 2.75) is 26.4 Å². The number of hydrogen-bond donors (Lipinski definition) is 3. The summed E-state index contributed by atoms with van der Waals surface area (Å²) in [5.41, 5.74) is 0.812. The molecule has 0 aliphatic rings. The van der Waals surface area contributed by atoms with Gasteiger partial charge in [-0.25, -0.2) is 0 Å². The topological polar surface area (TPSA) is 78.4 Å². The predicted octanol–water partition coefficient (Wildman–Crippen LogP) is 1.95. The highest BCUT2D eigenvalue weighted by atomic mass is 16.3. The van der Waals surface area contributed by atoms with E-state index in [1.165, 1.54) is 0 Å². The summed E-state index contributed by atoms with van der Waals surface area (Å²) < 4.78 is 0. The second-order valence-corrected chi connectivity index (χ2v) is 5.11. The van der Waals surface area contributed by atoms with Crippen LogP contribution >= 0.6 is 0 Å². The molecule has 0 aromatic heterocycles. The minimum absolute atomic E-state index is 0.000276. The molecule has 5 nitrogen and oxygen atoms in total. The summed E-state index contributed by atoms with van der Waals surface area (Å²) in [7, 11) is 0. The second kappa shape index (κ2) is 8.21. The Morgan fingerprint density at radius 1 is 1.33 bits per heavy atom. The Morgan fingerprint density at radius 2 is 2.00 bits per heavy atom. The molecule has 0 radical (unpaired) electrons. The van der Waals surface area contributed by atoms with Gasteiger partial charge in [0, 0.05) is 6.54 Å². The second-order valence-electron chi connectivity index (χ2n) is 5.11. The molecule has 1 aromatic rings. The van der Waals surface area contributed by atoms with Crippen LogP contribution in [0.3, 0.4) is 0 Å².